The molecule has 0 saturated heterocycles. The molecule has 3 rings (SSSR count). The number of carbonyl (C=O) groups excluding carboxylic acids is 1. The van der Waals surface area contributed by atoms with Gasteiger partial charge in [0.2, 0.25) is 0 Å². The second kappa shape index (κ2) is 5.46. The van der Waals surface area contributed by atoms with Crippen molar-refractivity contribution in [3.63, 3.8) is 0 Å². The van der Waals surface area contributed by atoms with E-state index >= 15 is 0 Å². The number of amides is 1. The molecule has 0 spiro atoms. The van der Waals surface area contributed by atoms with Gasteiger partial charge in [0.25, 0.3) is 5.91 Å². The normalized spacial score (nSPS) is 16.3. The van der Waals surface area contributed by atoms with Crippen LogP contribution in [0.1, 0.15) is 15.9 Å². The second-order valence-electron chi connectivity index (χ2n) is 4.67. The molecule has 20 heavy (non-hydrogen) atoms. The molecule has 2 heterocycles. The van der Waals surface area contributed by atoms with E-state index in [1.165, 1.54) is 5.56 Å². The first-order valence-corrected chi connectivity index (χ1v) is 6.85. The van der Waals surface area contributed by atoms with Crippen molar-refractivity contribution in [1.29, 1.82) is 0 Å². The van der Waals surface area contributed by atoms with Crippen LogP contribution in [0, 0.1) is 4.64 Å². The number of nitrogens with one attached hydrogen (secondary N) is 2. The van der Waals surface area contributed by atoms with Gasteiger partial charge in [-0.05, 0) is 23.8 Å². The van der Waals surface area contributed by atoms with E-state index in [1.54, 1.807) is 18.3 Å². The number of aromatic amines is 1. The third kappa shape index (κ3) is 2.58. The summed E-state index contributed by atoms with van der Waals surface area (Å²) in [6.45, 7) is 0.469. The van der Waals surface area contributed by atoms with E-state index in [9.17, 15) is 4.79 Å². The molecule has 102 valence electrons. The van der Waals surface area contributed by atoms with Crippen LogP contribution in [0.3, 0.4) is 0 Å². The number of benzene rings is 1. The molecule has 0 fully saturated rings. The average Bonchev–Trinajstić information content (AvgIpc) is 2.88. The van der Waals surface area contributed by atoms with Gasteiger partial charge in [-0.15, -0.1) is 0 Å². The summed E-state index contributed by atoms with van der Waals surface area (Å²) < 4.78 is 6.22. The Hall–Kier alpha value is -2.14. The molecule has 0 unspecified atom stereocenters. The molecule has 1 amide bonds. The number of hydrogen-bond donors (Lipinski definition) is 2. The minimum Gasteiger partial charge on any atom is -0.488 e. The molecule has 0 radical (unpaired) electrons. The van der Waals surface area contributed by atoms with Crippen LogP contribution in [0.4, 0.5) is 0 Å². The third-order valence-electron chi connectivity index (χ3n) is 3.27. The topological polar surface area (TPSA) is 54.1 Å². The predicted octanol–water partition coefficient (Wildman–Crippen LogP) is 2.48. The van der Waals surface area contributed by atoms with Gasteiger partial charge in [-0.1, -0.05) is 30.4 Å². The smallest absolute Gasteiger partial charge is 0.254 e. The molecule has 0 aliphatic carbocycles. The fourth-order valence-corrected chi connectivity index (χ4v) is 2.50. The van der Waals surface area contributed by atoms with E-state index in [2.05, 4.69) is 10.3 Å². The quantitative estimate of drug-likeness (QED) is 0.852. The van der Waals surface area contributed by atoms with Crippen LogP contribution in [-0.4, -0.2) is 23.5 Å². The number of H-pyrrole nitrogens is 1. The lowest BCUT2D eigenvalue weighted by Gasteiger charge is -2.11. The highest BCUT2D eigenvalue weighted by Crippen LogP contribution is 2.27. The molecule has 1 aliphatic heterocycles. The average molecular weight is 286 g/mol. The Labute approximate surface area is 121 Å². The number of aromatic nitrogens is 1. The molecule has 1 aromatic carbocycles. The molecule has 0 bridgehead atoms. The Morgan fingerprint density at radius 2 is 2.20 bits per heavy atom. The Morgan fingerprint density at radius 3 is 3.00 bits per heavy atom. The Bertz CT molecular complexity index is 671. The van der Waals surface area contributed by atoms with Gasteiger partial charge in [0.05, 0.1) is 12.1 Å². The number of pyridine rings is 1. The predicted molar refractivity (Wildman–Crippen MR) is 78.5 cm³/mol. The van der Waals surface area contributed by atoms with Crippen molar-refractivity contribution >= 4 is 18.1 Å². The van der Waals surface area contributed by atoms with Gasteiger partial charge in [0, 0.05) is 12.6 Å². The molecule has 5 heteroatoms. The van der Waals surface area contributed by atoms with Crippen molar-refractivity contribution in [2.75, 3.05) is 6.54 Å². The van der Waals surface area contributed by atoms with Crippen molar-refractivity contribution in [2.24, 2.45) is 0 Å². The van der Waals surface area contributed by atoms with Crippen LogP contribution >= 0.6 is 12.2 Å². The Balaban J connectivity index is 1.61. The molecule has 2 aromatic rings. The van der Waals surface area contributed by atoms with E-state index in [1.807, 2.05) is 24.3 Å². The third-order valence-corrected chi connectivity index (χ3v) is 3.60. The summed E-state index contributed by atoms with van der Waals surface area (Å²) in [6, 6.07) is 11.4. The van der Waals surface area contributed by atoms with Crippen LogP contribution in [0.25, 0.3) is 0 Å². The zero-order chi connectivity index (χ0) is 13.9. The molecular formula is C15H14N2O2S. The van der Waals surface area contributed by atoms with Crippen LogP contribution in [0.5, 0.6) is 5.75 Å². The highest BCUT2D eigenvalue weighted by molar-refractivity contribution is 7.71. The summed E-state index contributed by atoms with van der Waals surface area (Å²) in [6.07, 6.45) is 2.51. The molecule has 0 saturated carbocycles. The lowest BCUT2D eigenvalue weighted by molar-refractivity contribution is 0.0932. The maximum atomic E-state index is 12.0. The zero-order valence-electron chi connectivity index (χ0n) is 10.8. The van der Waals surface area contributed by atoms with Crippen LogP contribution < -0.4 is 10.1 Å². The minimum atomic E-state index is -0.175. The van der Waals surface area contributed by atoms with E-state index in [4.69, 9.17) is 17.0 Å². The lowest BCUT2D eigenvalue weighted by Crippen LogP contribution is -2.34. The van der Waals surface area contributed by atoms with Gasteiger partial charge >= 0.3 is 0 Å². The Morgan fingerprint density at radius 1 is 1.35 bits per heavy atom. The molecular weight excluding hydrogens is 272 g/mol. The first-order chi connectivity index (χ1) is 9.74. The molecule has 1 aliphatic rings. The van der Waals surface area contributed by atoms with Gasteiger partial charge in [0.15, 0.2) is 0 Å². The Kier molecular flexibility index (Phi) is 3.52. The summed E-state index contributed by atoms with van der Waals surface area (Å²) in [5.41, 5.74) is 1.67. The number of hydrogen-bond acceptors (Lipinski definition) is 3. The fraction of sp³-hybridized carbons (Fsp3) is 0.200. The molecule has 2 N–H and O–H groups in total. The molecule has 1 aromatic heterocycles. The number of ether oxygens (including phenoxy) is 1. The SMILES string of the molecule is O=C(NC[C@H]1Cc2ccccc2O1)c1ccc[nH]c1=S. The van der Waals surface area contributed by atoms with Gasteiger partial charge in [-0.25, -0.2) is 0 Å². The van der Waals surface area contributed by atoms with Gasteiger partial charge < -0.3 is 15.0 Å². The summed E-state index contributed by atoms with van der Waals surface area (Å²) in [5, 5.41) is 2.87. The van der Waals surface area contributed by atoms with E-state index in [0.717, 1.165) is 12.2 Å². The van der Waals surface area contributed by atoms with Crippen LogP contribution in [-0.2, 0) is 6.42 Å². The summed E-state index contributed by atoms with van der Waals surface area (Å²) in [5.74, 6) is 0.732. The van der Waals surface area contributed by atoms with E-state index < -0.39 is 0 Å². The summed E-state index contributed by atoms with van der Waals surface area (Å²) in [7, 11) is 0. The highest BCUT2D eigenvalue weighted by atomic mass is 32.1. The lowest BCUT2D eigenvalue weighted by atomic mass is 10.1. The first kappa shape index (κ1) is 12.9. The van der Waals surface area contributed by atoms with Crippen molar-refractivity contribution in [3.8, 4) is 5.75 Å². The minimum absolute atomic E-state index is 0.0161. The van der Waals surface area contributed by atoms with Crippen molar-refractivity contribution in [3.05, 3.63) is 58.4 Å². The summed E-state index contributed by atoms with van der Waals surface area (Å²) >= 11 is 5.09. The number of para-hydroxylation sites is 1. The molecule has 1 atom stereocenters. The van der Waals surface area contributed by atoms with Crippen LogP contribution in [0.15, 0.2) is 42.6 Å². The largest absolute Gasteiger partial charge is 0.488 e. The van der Waals surface area contributed by atoms with Gasteiger partial charge in [-0.2, -0.15) is 0 Å². The second-order valence-corrected chi connectivity index (χ2v) is 5.08. The van der Waals surface area contributed by atoms with E-state index in [-0.39, 0.29) is 12.0 Å². The van der Waals surface area contributed by atoms with Gasteiger partial charge in [-0.3, -0.25) is 4.79 Å². The zero-order valence-corrected chi connectivity index (χ0v) is 11.6. The molecule has 4 nitrogen and oxygen atoms in total. The van der Waals surface area contributed by atoms with Crippen LogP contribution in [0.2, 0.25) is 0 Å². The monoisotopic (exact) mass is 286 g/mol. The van der Waals surface area contributed by atoms with Crippen molar-refractivity contribution in [2.45, 2.75) is 12.5 Å². The number of rotatable bonds is 3. The fourth-order valence-electron chi connectivity index (χ4n) is 2.27. The van der Waals surface area contributed by atoms with Gasteiger partial charge in [0.1, 0.15) is 16.5 Å². The highest BCUT2D eigenvalue weighted by Gasteiger charge is 2.22. The standard InChI is InChI=1S/C15H14N2O2S/c18-14(12-5-3-7-16-15(12)20)17-9-11-8-10-4-1-2-6-13(10)19-11/h1-7,11H,8-9H2,(H,16,20)(H,17,18)/t11-/m1/s1. The number of carbonyl (C=O) groups is 1. The maximum absolute atomic E-state index is 12.0. The first-order valence-electron chi connectivity index (χ1n) is 6.44. The van der Waals surface area contributed by atoms with Crippen molar-refractivity contribution < 1.29 is 9.53 Å². The van der Waals surface area contributed by atoms with Crippen molar-refractivity contribution in [1.82, 2.24) is 10.3 Å². The maximum Gasteiger partial charge on any atom is 0.254 e. The number of fused-ring (bicyclic) bond motifs is 1. The summed E-state index contributed by atoms with van der Waals surface area (Å²) in [4.78, 5) is 14.9. The van der Waals surface area contributed by atoms with E-state index in [0.29, 0.717) is 16.7 Å².